The number of phenolic OH excluding ortho intramolecular Hbond substituents is 1. The van der Waals surface area contributed by atoms with Gasteiger partial charge in [-0.3, -0.25) is 77.0 Å². The van der Waals surface area contributed by atoms with Crippen LogP contribution in [0.4, 0.5) is 0 Å². The van der Waals surface area contributed by atoms with Crippen LogP contribution in [-0.4, -0.2) is 274 Å². The number of hydrogen-bond acceptors (Lipinski definition) is 23. The number of aromatic nitrogens is 3. The van der Waals surface area contributed by atoms with Crippen LogP contribution in [0.2, 0.25) is 0 Å². The molecule has 2 aliphatic heterocycles. The minimum atomic E-state index is -1.81. The number of unbranched alkanes of at least 4 members (excludes halogenated alkanes) is 1. The third-order valence-electron chi connectivity index (χ3n) is 19.7. The number of carbonyl (C=O) groups is 15. The lowest BCUT2D eigenvalue weighted by Crippen LogP contribution is -2.62. The van der Waals surface area contributed by atoms with Crippen LogP contribution < -0.4 is 81.8 Å². The first kappa shape index (κ1) is 101. The standard InChI is InChI=1S/C77H126N22O20S/c1-42(2)36-53(67(109)91-55(74(116)117)37-43(3)4)89-68(110)54(39-46-23-25-48(102)26-24-46)90-70(112)58-19-14-33-98(58)72(114)52(18-13-31-84-77(81)82)88-64(106)49(17-12-30-83-76(79)80)85-62(105)22-11-16-47-40-97(96-95-47)32-10-9-21-61(104)86-51(29-35-120-8)66(108)87-50(27-28-60(78)103)65(107)93-57(41-100)69(111)94-63(45(7)101)73(115)99-34-15-20-59(99)71(113)92-56(75(118)119)38-44(5)6/h23-26,40,42-45,49-59,63,100-102H,9-22,27-39,41H2,1-8H3,(H2,78,103)(H,85,105)(H,86,104)(H,87,108)(H,88,106)(H,89,110)(H,90,112)(H,91,109)(H,92,113)(H,93,107)(H,94,111)(H,116,117)(H,118,119)(H4,79,80,83)(H4,81,82,84)/t45-,49+,50+,51+,52+,53+,54+,55+,56+,57+,58+,59+,63+/m1/s1. The van der Waals surface area contributed by atoms with Gasteiger partial charge in [0.25, 0.3) is 0 Å². The van der Waals surface area contributed by atoms with Crippen molar-refractivity contribution in [1.29, 1.82) is 0 Å². The van der Waals surface area contributed by atoms with E-state index >= 15 is 0 Å². The van der Waals surface area contributed by atoms with Crippen LogP contribution in [0.3, 0.4) is 0 Å². The number of thioether (sulfide) groups is 1. The van der Waals surface area contributed by atoms with Crippen molar-refractivity contribution in [3.05, 3.63) is 41.7 Å². The second-order valence-corrected chi connectivity index (χ2v) is 32.3. The number of nitrogens with zero attached hydrogens (tertiary/aromatic N) is 7. The number of phenols is 1. The molecule has 1 aromatic heterocycles. The normalized spacial score (nSPS) is 16.6. The van der Waals surface area contributed by atoms with Gasteiger partial charge in [-0.05, 0) is 164 Å². The van der Waals surface area contributed by atoms with Crippen molar-refractivity contribution in [3.63, 3.8) is 0 Å². The van der Waals surface area contributed by atoms with Gasteiger partial charge in [-0.1, -0.05) is 58.9 Å². The van der Waals surface area contributed by atoms with Crippen molar-refractivity contribution in [2.45, 2.75) is 268 Å². The Morgan fingerprint density at radius 2 is 0.950 bits per heavy atom. The van der Waals surface area contributed by atoms with E-state index in [1.165, 1.54) is 47.9 Å². The summed E-state index contributed by atoms with van der Waals surface area (Å²) in [6.45, 7) is 11.4. The van der Waals surface area contributed by atoms with Gasteiger partial charge in [0.1, 0.15) is 78.3 Å². The molecule has 670 valence electrons. The summed E-state index contributed by atoms with van der Waals surface area (Å²) in [5.74, 6) is -13.4. The first-order valence-electron chi connectivity index (χ1n) is 40.6. The van der Waals surface area contributed by atoms with Crippen molar-refractivity contribution >= 4 is 112 Å². The number of aryl methyl sites for hydroxylation is 2. The maximum absolute atomic E-state index is 14.9. The predicted molar refractivity (Wildman–Crippen MR) is 441 cm³/mol. The molecule has 42 nitrogen and oxygen atoms in total. The summed E-state index contributed by atoms with van der Waals surface area (Å²) in [6, 6.07) is -10.4. The Morgan fingerprint density at radius 3 is 1.46 bits per heavy atom. The summed E-state index contributed by atoms with van der Waals surface area (Å²) in [5.41, 5.74) is 28.8. The number of hydrogen-bond donors (Lipinski definition) is 20. The van der Waals surface area contributed by atoms with E-state index in [-0.39, 0.29) is 158 Å². The van der Waals surface area contributed by atoms with E-state index in [4.69, 9.17) is 28.7 Å². The van der Waals surface area contributed by atoms with Gasteiger partial charge in [0.2, 0.25) is 76.8 Å². The monoisotopic (exact) mass is 1710 g/mol. The van der Waals surface area contributed by atoms with Crippen molar-refractivity contribution in [2.24, 2.45) is 56.4 Å². The molecule has 0 spiro atoms. The molecule has 0 bridgehead atoms. The van der Waals surface area contributed by atoms with Crippen LogP contribution in [0.1, 0.15) is 182 Å². The molecule has 0 aliphatic carbocycles. The van der Waals surface area contributed by atoms with Gasteiger partial charge < -0.3 is 117 Å². The van der Waals surface area contributed by atoms with Crippen molar-refractivity contribution in [1.82, 2.24) is 78.0 Å². The van der Waals surface area contributed by atoms with E-state index in [1.807, 2.05) is 13.8 Å². The van der Waals surface area contributed by atoms with Crippen LogP contribution in [0.15, 0.2) is 40.4 Å². The van der Waals surface area contributed by atoms with Crippen LogP contribution in [0, 0.1) is 17.8 Å². The number of aliphatic carboxylic acids is 2. The zero-order valence-electron chi connectivity index (χ0n) is 69.7. The Morgan fingerprint density at radius 1 is 0.508 bits per heavy atom. The number of benzene rings is 1. The topological polar surface area (TPSA) is 670 Å². The first-order valence-corrected chi connectivity index (χ1v) is 42.0. The molecule has 1 aromatic carbocycles. The largest absolute Gasteiger partial charge is 0.508 e. The van der Waals surface area contributed by atoms with Gasteiger partial charge in [0.05, 0.1) is 18.4 Å². The quantitative estimate of drug-likeness (QED) is 0.0173. The summed E-state index contributed by atoms with van der Waals surface area (Å²) in [7, 11) is 0. The maximum atomic E-state index is 14.9. The second-order valence-electron chi connectivity index (χ2n) is 31.4. The van der Waals surface area contributed by atoms with Gasteiger partial charge in [0, 0.05) is 64.6 Å². The van der Waals surface area contributed by atoms with Crippen LogP contribution in [-0.2, 0) is 91.3 Å². The molecule has 4 rings (SSSR count). The molecule has 120 heavy (non-hydrogen) atoms. The summed E-state index contributed by atoms with van der Waals surface area (Å²) in [5, 5.41) is 85.1. The van der Waals surface area contributed by atoms with Gasteiger partial charge in [-0.25, -0.2) is 9.59 Å². The Hall–Kier alpha value is -11.0. The Balaban J connectivity index is 1.39. The molecule has 2 aromatic rings. The highest BCUT2D eigenvalue weighted by Crippen LogP contribution is 2.24. The zero-order valence-corrected chi connectivity index (χ0v) is 70.5. The highest BCUT2D eigenvalue weighted by Gasteiger charge is 2.44. The zero-order chi connectivity index (χ0) is 89.5. The van der Waals surface area contributed by atoms with E-state index in [0.29, 0.717) is 49.2 Å². The molecule has 13 amide bonds. The molecule has 43 heteroatoms. The molecule has 2 saturated heterocycles. The van der Waals surface area contributed by atoms with Crippen LogP contribution in [0.25, 0.3) is 0 Å². The van der Waals surface area contributed by atoms with Crippen molar-refractivity contribution in [3.8, 4) is 5.75 Å². The third-order valence-corrected chi connectivity index (χ3v) is 20.4. The molecular formula is C77H126N22O20S. The molecule has 2 aliphatic rings. The van der Waals surface area contributed by atoms with E-state index in [1.54, 1.807) is 44.8 Å². The Labute approximate surface area is 701 Å². The van der Waals surface area contributed by atoms with Gasteiger partial charge in [0.15, 0.2) is 11.9 Å². The fraction of sp³-hybridized carbons (Fsp3) is 0.675. The number of aromatic hydroxyl groups is 1. The SMILES string of the molecule is CSCC[C@H](NC(=O)CCCCn1cc(CCCC(=O)N[C@@H](CCCN=C(N)N)C(=O)N[C@@H](CCCN=C(N)N)C(=O)N2CCC[C@H]2C(=O)N[C@@H](Cc2ccc(O)cc2)C(=O)N[C@@H](CC(C)C)C(=O)N[C@@H](CC(C)C)C(=O)O)nn1)C(=O)N[C@@H](CCC(N)=O)C(=O)N[C@@H](CO)C(=O)N[C@H](C(=O)N1CCC[C@H]1C(=O)N[C@@H](CC(C)C)C(=O)O)[C@@H](C)O. The highest BCUT2D eigenvalue weighted by molar-refractivity contribution is 7.98. The number of primary amides is 1. The highest BCUT2D eigenvalue weighted by atomic mass is 32.2. The van der Waals surface area contributed by atoms with Crippen molar-refractivity contribution in [2.75, 3.05) is 44.8 Å². The second kappa shape index (κ2) is 52.2. The molecule has 2 fully saturated rings. The smallest absolute Gasteiger partial charge is 0.326 e. The lowest BCUT2D eigenvalue weighted by molar-refractivity contribution is -0.146. The number of carbonyl (C=O) groups excluding carboxylic acids is 13. The number of aliphatic imine (C=N–C) groups is 2. The average Bonchev–Trinajstić information content (AvgIpc) is 1.64. The van der Waals surface area contributed by atoms with E-state index in [9.17, 15) is 97.5 Å². The van der Waals surface area contributed by atoms with Crippen molar-refractivity contribution < 1.29 is 97.5 Å². The Bertz CT molecular complexity index is 3820. The van der Waals surface area contributed by atoms with E-state index in [0.717, 1.165) is 4.90 Å². The minimum absolute atomic E-state index is 0.00143. The number of aliphatic hydroxyl groups excluding tert-OH is 2. The predicted octanol–water partition coefficient (Wildman–Crippen LogP) is -3.64. The third kappa shape index (κ3) is 36.3. The minimum Gasteiger partial charge on any atom is -0.508 e. The average molecular weight is 1710 g/mol. The lowest BCUT2D eigenvalue weighted by atomic mass is 9.99. The number of nitrogens with one attached hydrogen (secondary N) is 10. The number of rotatable bonds is 55. The molecule has 25 N–H and O–H groups in total. The number of guanidine groups is 2. The molecule has 13 atom stereocenters. The van der Waals surface area contributed by atoms with Gasteiger partial charge in [-0.2, -0.15) is 11.8 Å². The molecular weight excluding hydrogens is 1590 g/mol. The number of aliphatic hydroxyl groups is 2. The van der Waals surface area contributed by atoms with Gasteiger partial charge in [-0.15, -0.1) is 5.10 Å². The summed E-state index contributed by atoms with van der Waals surface area (Å²) < 4.78 is 1.54. The summed E-state index contributed by atoms with van der Waals surface area (Å²) in [4.78, 5) is 215. The van der Waals surface area contributed by atoms with Crippen LogP contribution in [0.5, 0.6) is 5.75 Å². The fourth-order valence-electron chi connectivity index (χ4n) is 13.6. The summed E-state index contributed by atoms with van der Waals surface area (Å²) >= 11 is 1.36. The van der Waals surface area contributed by atoms with E-state index in [2.05, 4.69) is 73.5 Å². The number of amides is 13. The maximum Gasteiger partial charge on any atom is 0.326 e. The number of carboxylic acid groups (broad SMARTS) is 2. The van der Waals surface area contributed by atoms with Gasteiger partial charge >= 0.3 is 11.9 Å². The number of nitrogens with two attached hydrogens (primary N) is 5. The molecule has 3 heterocycles. The molecule has 0 radical (unpaired) electrons. The molecule has 0 unspecified atom stereocenters. The molecule has 0 saturated carbocycles. The van der Waals surface area contributed by atoms with E-state index < -0.39 is 187 Å². The fourth-order valence-corrected chi connectivity index (χ4v) is 14.0. The number of carboxylic acids is 2. The lowest BCUT2D eigenvalue weighted by Gasteiger charge is -2.31. The Kier molecular flexibility index (Phi) is 44.1. The number of likely N-dealkylation sites (tertiary alicyclic amines) is 2. The summed E-state index contributed by atoms with van der Waals surface area (Å²) in [6.07, 6.45) is 3.55. The first-order chi connectivity index (χ1) is 56.7. The van der Waals surface area contributed by atoms with Crippen LogP contribution >= 0.6 is 11.8 Å².